The van der Waals surface area contributed by atoms with Crippen LogP contribution in [-0.2, 0) is 0 Å². The van der Waals surface area contributed by atoms with Crippen LogP contribution in [0.15, 0.2) is 54.6 Å². The van der Waals surface area contributed by atoms with E-state index in [2.05, 4.69) is 47.4 Å². The van der Waals surface area contributed by atoms with Crippen molar-refractivity contribution in [3.63, 3.8) is 0 Å². The lowest BCUT2D eigenvalue weighted by Crippen LogP contribution is -2.20. The van der Waals surface area contributed by atoms with Gasteiger partial charge in [-0.25, -0.2) is 0 Å². The molecular formula is C20H25NO. The van der Waals surface area contributed by atoms with E-state index in [0.29, 0.717) is 0 Å². The normalized spacial score (nSPS) is 15.1. The minimum Gasteiger partial charge on any atom is -0.493 e. The van der Waals surface area contributed by atoms with E-state index in [1.807, 2.05) is 12.1 Å². The average Bonchev–Trinajstić information content (AvgIpc) is 3.09. The molecule has 116 valence electrons. The number of para-hydroxylation sites is 1. The molecule has 2 nitrogen and oxygen atoms in total. The standard InChI is InChI=1S/C20H25NO/c1-2-10-18(11-3-1)19-12-4-5-13-20(19)22-17-9-8-16-21-14-6-7-15-21/h1-5,10-13H,6-9,14-17H2. The second kappa shape index (κ2) is 8.00. The molecule has 0 bridgehead atoms. The number of ether oxygens (including phenoxy) is 1. The lowest BCUT2D eigenvalue weighted by Gasteiger charge is -2.15. The summed E-state index contributed by atoms with van der Waals surface area (Å²) in [6, 6.07) is 18.8. The third kappa shape index (κ3) is 4.11. The molecule has 3 rings (SSSR count). The maximum Gasteiger partial charge on any atom is 0.127 e. The van der Waals surface area contributed by atoms with E-state index < -0.39 is 0 Å². The molecule has 0 radical (unpaired) electrons. The monoisotopic (exact) mass is 295 g/mol. The Kier molecular flexibility index (Phi) is 5.49. The maximum atomic E-state index is 6.04. The van der Waals surface area contributed by atoms with Crippen molar-refractivity contribution in [2.75, 3.05) is 26.2 Å². The Morgan fingerprint density at radius 3 is 2.36 bits per heavy atom. The van der Waals surface area contributed by atoms with Crippen molar-refractivity contribution < 1.29 is 4.74 Å². The first-order chi connectivity index (χ1) is 10.9. The van der Waals surface area contributed by atoms with Gasteiger partial charge in [-0.15, -0.1) is 0 Å². The zero-order valence-electron chi connectivity index (χ0n) is 13.2. The Morgan fingerprint density at radius 2 is 1.55 bits per heavy atom. The van der Waals surface area contributed by atoms with E-state index in [1.165, 1.54) is 50.0 Å². The fourth-order valence-corrected chi connectivity index (χ4v) is 3.07. The van der Waals surface area contributed by atoms with Gasteiger partial charge in [0.25, 0.3) is 0 Å². The van der Waals surface area contributed by atoms with Crippen molar-refractivity contribution in [1.82, 2.24) is 4.90 Å². The topological polar surface area (TPSA) is 12.5 Å². The van der Waals surface area contributed by atoms with Gasteiger partial charge in [-0.3, -0.25) is 0 Å². The van der Waals surface area contributed by atoms with E-state index in [0.717, 1.165) is 18.8 Å². The molecule has 0 N–H and O–H groups in total. The molecule has 2 aromatic rings. The van der Waals surface area contributed by atoms with E-state index >= 15 is 0 Å². The summed E-state index contributed by atoms with van der Waals surface area (Å²) in [5.41, 5.74) is 2.40. The first kappa shape index (κ1) is 15.1. The minimum atomic E-state index is 0.803. The SMILES string of the molecule is c1ccc(-c2ccccc2OCCCCN2CCCC2)cc1. The number of benzene rings is 2. The molecular weight excluding hydrogens is 270 g/mol. The molecule has 22 heavy (non-hydrogen) atoms. The second-order valence-electron chi connectivity index (χ2n) is 5.97. The zero-order valence-corrected chi connectivity index (χ0v) is 13.2. The molecule has 0 saturated carbocycles. The molecule has 0 amide bonds. The van der Waals surface area contributed by atoms with Gasteiger partial charge in [0.15, 0.2) is 0 Å². The molecule has 2 aromatic carbocycles. The molecule has 0 aromatic heterocycles. The predicted octanol–water partition coefficient (Wildman–Crippen LogP) is 4.61. The van der Waals surface area contributed by atoms with Gasteiger partial charge in [-0.2, -0.15) is 0 Å². The van der Waals surface area contributed by atoms with Crippen LogP contribution in [-0.4, -0.2) is 31.1 Å². The van der Waals surface area contributed by atoms with Crippen molar-refractivity contribution in [1.29, 1.82) is 0 Å². The Bertz CT molecular complexity index is 561. The van der Waals surface area contributed by atoms with Crippen molar-refractivity contribution in [3.8, 4) is 16.9 Å². The fraction of sp³-hybridized carbons (Fsp3) is 0.400. The van der Waals surface area contributed by atoms with E-state index in [4.69, 9.17) is 4.74 Å². The van der Waals surface area contributed by atoms with Gasteiger partial charge < -0.3 is 9.64 Å². The van der Waals surface area contributed by atoms with Crippen molar-refractivity contribution in [2.24, 2.45) is 0 Å². The number of unbranched alkanes of at least 4 members (excludes halogenated alkanes) is 1. The van der Waals surface area contributed by atoms with Gasteiger partial charge in [0.1, 0.15) is 5.75 Å². The number of nitrogens with zero attached hydrogens (tertiary/aromatic N) is 1. The lowest BCUT2D eigenvalue weighted by molar-refractivity contribution is 0.280. The molecule has 0 atom stereocenters. The molecule has 1 fully saturated rings. The number of hydrogen-bond donors (Lipinski definition) is 0. The molecule has 0 unspecified atom stereocenters. The van der Waals surface area contributed by atoms with Gasteiger partial charge in [-0.05, 0) is 56.9 Å². The number of hydrogen-bond acceptors (Lipinski definition) is 2. The quantitative estimate of drug-likeness (QED) is 0.692. The smallest absolute Gasteiger partial charge is 0.127 e. The van der Waals surface area contributed by atoms with Crippen LogP contribution in [0.3, 0.4) is 0 Å². The highest BCUT2D eigenvalue weighted by atomic mass is 16.5. The van der Waals surface area contributed by atoms with Gasteiger partial charge in [0.2, 0.25) is 0 Å². The third-order valence-electron chi connectivity index (χ3n) is 4.30. The molecule has 1 aliphatic heterocycles. The summed E-state index contributed by atoms with van der Waals surface area (Å²) >= 11 is 0. The van der Waals surface area contributed by atoms with Gasteiger partial charge in [0, 0.05) is 5.56 Å². The maximum absolute atomic E-state index is 6.04. The van der Waals surface area contributed by atoms with E-state index in [1.54, 1.807) is 0 Å². The van der Waals surface area contributed by atoms with Gasteiger partial charge >= 0.3 is 0 Å². The predicted molar refractivity (Wildman–Crippen MR) is 92.3 cm³/mol. The van der Waals surface area contributed by atoms with Gasteiger partial charge in [-0.1, -0.05) is 48.5 Å². The van der Waals surface area contributed by atoms with E-state index in [9.17, 15) is 0 Å². The summed E-state index contributed by atoms with van der Waals surface area (Å²) in [5.74, 6) is 0.995. The summed E-state index contributed by atoms with van der Waals surface area (Å²) in [6.07, 6.45) is 5.11. The van der Waals surface area contributed by atoms with Crippen LogP contribution in [0.5, 0.6) is 5.75 Å². The summed E-state index contributed by atoms with van der Waals surface area (Å²) in [7, 11) is 0. The summed E-state index contributed by atoms with van der Waals surface area (Å²) in [6.45, 7) is 4.61. The summed E-state index contributed by atoms with van der Waals surface area (Å²) in [4.78, 5) is 2.57. The molecule has 1 heterocycles. The van der Waals surface area contributed by atoms with Crippen LogP contribution < -0.4 is 4.74 Å². The Balaban J connectivity index is 1.50. The first-order valence-electron chi connectivity index (χ1n) is 8.43. The molecule has 0 spiro atoms. The molecule has 2 heteroatoms. The lowest BCUT2D eigenvalue weighted by atomic mass is 10.1. The van der Waals surface area contributed by atoms with Crippen LogP contribution in [0.4, 0.5) is 0 Å². The largest absolute Gasteiger partial charge is 0.493 e. The van der Waals surface area contributed by atoms with E-state index in [-0.39, 0.29) is 0 Å². The fourth-order valence-electron chi connectivity index (χ4n) is 3.07. The number of likely N-dealkylation sites (tertiary alicyclic amines) is 1. The van der Waals surface area contributed by atoms with Crippen molar-refractivity contribution in [3.05, 3.63) is 54.6 Å². The first-order valence-corrected chi connectivity index (χ1v) is 8.43. The highest BCUT2D eigenvalue weighted by Crippen LogP contribution is 2.29. The van der Waals surface area contributed by atoms with Crippen molar-refractivity contribution >= 4 is 0 Å². The average molecular weight is 295 g/mol. The highest BCUT2D eigenvalue weighted by Gasteiger charge is 2.10. The highest BCUT2D eigenvalue weighted by molar-refractivity contribution is 5.70. The second-order valence-corrected chi connectivity index (χ2v) is 5.97. The van der Waals surface area contributed by atoms with Crippen molar-refractivity contribution in [2.45, 2.75) is 25.7 Å². The molecule has 1 saturated heterocycles. The number of rotatable bonds is 7. The Labute approximate surface area is 133 Å². The zero-order chi connectivity index (χ0) is 15.0. The van der Waals surface area contributed by atoms with Gasteiger partial charge in [0.05, 0.1) is 6.61 Å². The third-order valence-corrected chi connectivity index (χ3v) is 4.30. The molecule has 0 aliphatic carbocycles. The Morgan fingerprint density at radius 1 is 0.818 bits per heavy atom. The van der Waals surface area contributed by atoms with Crippen LogP contribution in [0.1, 0.15) is 25.7 Å². The minimum absolute atomic E-state index is 0.803. The Hall–Kier alpha value is -1.80. The molecule has 1 aliphatic rings. The summed E-state index contributed by atoms with van der Waals surface area (Å²) < 4.78 is 6.04. The van der Waals surface area contributed by atoms with Crippen LogP contribution in [0.2, 0.25) is 0 Å². The summed E-state index contributed by atoms with van der Waals surface area (Å²) in [5, 5.41) is 0. The van der Waals surface area contributed by atoms with Crippen LogP contribution in [0.25, 0.3) is 11.1 Å². The van der Waals surface area contributed by atoms with Crippen LogP contribution in [0, 0.1) is 0 Å². The van der Waals surface area contributed by atoms with Crippen LogP contribution >= 0.6 is 0 Å².